The fraction of sp³-hybridized carbons (Fsp3) is 0.750. The Bertz CT molecular complexity index is 560. The molecule has 0 radical (unpaired) electrons. The van der Waals surface area contributed by atoms with Crippen LogP contribution in [-0.2, 0) is 11.2 Å². The molecule has 1 aliphatic rings. The number of rotatable bonds is 6. The van der Waals surface area contributed by atoms with Crippen molar-refractivity contribution in [1.29, 1.82) is 0 Å². The number of nitrogens with zero attached hydrogens (tertiary/aromatic N) is 4. The van der Waals surface area contributed by atoms with Gasteiger partial charge in [0.15, 0.2) is 0 Å². The maximum atomic E-state index is 12.5. The molecule has 3 amide bonds. The molecule has 0 aromatic carbocycles. The van der Waals surface area contributed by atoms with Crippen LogP contribution in [0.5, 0.6) is 0 Å². The van der Waals surface area contributed by atoms with Crippen LogP contribution >= 0.6 is 11.3 Å². The molecule has 24 heavy (non-hydrogen) atoms. The number of carbonyl (C=O) groups is 2. The van der Waals surface area contributed by atoms with E-state index in [0.717, 1.165) is 30.7 Å². The molecular formula is C16H27N5O2S. The van der Waals surface area contributed by atoms with E-state index in [0.29, 0.717) is 18.2 Å². The van der Waals surface area contributed by atoms with Gasteiger partial charge in [-0.1, -0.05) is 31.1 Å². The molecular weight excluding hydrogens is 326 g/mol. The van der Waals surface area contributed by atoms with Crippen molar-refractivity contribution in [2.24, 2.45) is 5.92 Å². The third-order valence-electron chi connectivity index (χ3n) is 4.14. The summed E-state index contributed by atoms with van der Waals surface area (Å²) in [7, 11) is 3.46. The van der Waals surface area contributed by atoms with Gasteiger partial charge in [-0.05, 0) is 19.3 Å². The van der Waals surface area contributed by atoms with E-state index in [9.17, 15) is 9.59 Å². The van der Waals surface area contributed by atoms with Crippen LogP contribution in [0.1, 0.15) is 44.0 Å². The number of unbranched alkanes of at least 4 members (excludes halogenated alkanes) is 2. The van der Waals surface area contributed by atoms with Gasteiger partial charge in [0, 0.05) is 33.6 Å². The van der Waals surface area contributed by atoms with Gasteiger partial charge in [0.2, 0.25) is 11.0 Å². The van der Waals surface area contributed by atoms with E-state index in [1.165, 1.54) is 24.2 Å². The highest BCUT2D eigenvalue weighted by molar-refractivity contribution is 7.15. The Morgan fingerprint density at radius 1 is 1.33 bits per heavy atom. The van der Waals surface area contributed by atoms with Gasteiger partial charge < -0.3 is 15.1 Å². The van der Waals surface area contributed by atoms with Gasteiger partial charge >= 0.3 is 6.03 Å². The zero-order valence-corrected chi connectivity index (χ0v) is 15.6. The van der Waals surface area contributed by atoms with Gasteiger partial charge in [0.1, 0.15) is 5.01 Å². The second-order valence-corrected chi connectivity index (χ2v) is 7.47. The van der Waals surface area contributed by atoms with Gasteiger partial charge in [-0.3, -0.25) is 4.79 Å². The summed E-state index contributed by atoms with van der Waals surface area (Å²) in [5.41, 5.74) is 0. The second-order valence-electron chi connectivity index (χ2n) is 6.41. The highest BCUT2D eigenvalue weighted by atomic mass is 32.1. The maximum absolute atomic E-state index is 12.5. The molecule has 2 rings (SSSR count). The molecule has 0 bridgehead atoms. The molecule has 8 heteroatoms. The largest absolute Gasteiger partial charge is 0.331 e. The van der Waals surface area contributed by atoms with Crippen molar-refractivity contribution in [3.8, 4) is 0 Å². The van der Waals surface area contributed by atoms with Crippen LogP contribution in [0.4, 0.5) is 9.93 Å². The lowest BCUT2D eigenvalue weighted by molar-refractivity contribution is -0.121. The molecule has 1 aromatic heterocycles. The van der Waals surface area contributed by atoms with E-state index in [1.54, 1.807) is 23.9 Å². The number of likely N-dealkylation sites (tertiary alicyclic amines) is 1. The summed E-state index contributed by atoms with van der Waals surface area (Å²) in [6.45, 7) is 3.34. The zero-order valence-electron chi connectivity index (χ0n) is 14.7. The fourth-order valence-electron chi connectivity index (χ4n) is 2.79. The van der Waals surface area contributed by atoms with Crippen molar-refractivity contribution in [2.75, 3.05) is 32.5 Å². The lowest BCUT2D eigenvalue weighted by Crippen LogP contribution is -2.47. The number of anilines is 1. The Balaban J connectivity index is 1.86. The summed E-state index contributed by atoms with van der Waals surface area (Å²) >= 11 is 1.44. The summed E-state index contributed by atoms with van der Waals surface area (Å²) in [6.07, 6.45) is 6.01. The third kappa shape index (κ3) is 5.15. The Morgan fingerprint density at radius 2 is 2.12 bits per heavy atom. The normalized spacial score (nSPS) is 17.6. The summed E-state index contributed by atoms with van der Waals surface area (Å²) in [4.78, 5) is 27.8. The number of hydrogen-bond donors (Lipinski definition) is 1. The average Bonchev–Trinajstić information content (AvgIpc) is 3.01. The van der Waals surface area contributed by atoms with E-state index < -0.39 is 0 Å². The number of hydrogen-bond acceptors (Lipinski definition) is 5. The standard InChI is InChI=1S/C16H27N5O2S/c1-4-5-6-9-13-18-19-15(24-13)17-14(22)12-8-7-10-21(11-12)16(23)20(2)3/h12H,4-11H2,1-3H3,(H,17,19,22). The Labute approximate surface area is 147 Å². The molecule has 134 valence electrons. The fourth-order valence-corrected chi connectivity index (χ4v) is 3.57. The zero-order chi connectivity index (χ0) is 17.5. The van der Waals surface area contributed by atoms with Crippen LogP contribution in [0.2, 0.25) is 0 Å². The molecule has 7 nitrogen and oxygen atoms in total. The number of urea groups is 1. The van der Waals surface area contributed by atoms with Crippen LogP contribution in [-0.4, -0.2) is 59.1 Å². The van der Waals surface area contributed by atoms with Crippen LogP contribution in [0.15, 0.2) is 0 Å². The number of aromatic nitrogens is 2. The minimum absolute atomic E-state index is 0.0402. The summed E-state index contributed by atoms with van der Waals surface area (Å²) in [5, 5.41) is 12.6. The second kappa shape index (κ2) is 8.96. The summed E-state index contributed by atoms with van der Waals surface area (Å²) in [5.74, 6) is -0.252. The van der Waals surface area contributed by atoms with Gasteiger partial charge in [0.25, 0.3) is 0 Å². The van der Waals surface area contributed by atoms with Gasteiger partial charge in [-0.15, -0.1) is 10.2 Å². The van der Waals surface area contributed by atoms with Crippen molar-refractivity contribution >= 4 is 28.4 Å². The number of aryl methyl sites for hydroxylation is 1. The minimum atomic E-state index is -0.185. The minimum Gasteiger partial charge on any atom is -0.331 e. The predicted molar refractivity (Wildman–Crippen MR) is 95.1 cm³/mol. The Kier molecular flexibility index (Phi) is 6.96. The van der Waals surface area contributed by atoms with E-state index in [-0.39, 0.29) is 17.9 Å². The molecule has 1 unspecified atom stereocenters. The van der Waals surface area contributed by atoms with Crippen LogP contribution in [0.25, 0.3) is 0 Å². The SMILES string of the molecule is CCCCCc1nnc(NC(=O)C2CCCN(C(=O)N(C)C)C2)s1. The van der Waals surface area contributed by atoms with E-state index in [1.807, 2.05) is 0 Å². The van der Waals surface area contributed by atoms with Crippen molar-refractivity contribution in [2.45, 2.75) is 45.4 Å². The molecule has 0 spiro atoms. The number of amides is 3. The van der Waals surface area contributed by atoms with Crippen molar-refractivity contribution < 1.29 is 9.59 Å². The van der Waals surface area contributed by atoms with E-state index >= 15 is 0 Å². The molecule has 1 atom stereocenters. The lowest BCUT2D eigenvalue weighted by atomic mass is 9.97. The first kappa shape index (κ1) is 18.6. The molecule has 1 N–H and O–H groups in total. The molecule has 2 heterocycles. The van der Waals surface area contributed by atoms with Crippen molar-refractivity contribution in [1.82, 2.24) is 20.0 Å². The highest BCUT2D eigenvalue weighted by Crippen LogP contribution is 2.22. The molecule has 1 fully saturated rings. The summed E-state index contributed by atoms with van der Waals surface area (Å²) in [6, 6.07) is -0.0402. The van der Waals surface area contributed by atoms with Crippen LogP contribution in [0, 0.1) is 5.92 Å². The number of carbonyl (C=O) groups excluding carboxylic acids is 2. The number of nitrogens with one attached hydrogen (secondary N) is 1. The molecule has 0 aliphatic carbocycles. The van der Waals surface area contributed by atoms with Crippen LogP contribution in [0.3, 0.4) is 0 Å². The first-order chi connectivity index (χ1) is 11.5. The molecule has 1 saturated heterocycles. The maximum Gasteiger partial charge on any atom is 0.319 e. The van der Waals surface area contributed by atoms with Crippen LogP contribution < -0.4 is 5.32 Å². The van der Waals surface area contributed by atoms with Crippen molar-refractivity contribution in [3.63, 3.8) is 0 Å². The molecule has 0 saturated carbocycles. The topological polar surface area (TPSA) is 78.4 Å². The van der Waals surface area contributed by atoms with Crippen molar-refractivity contribution in [3.05, 3.63) is 5.01 Å². The first-order valence-corrected chi connectivity index (χ1v) is 9.42. The number of piperidine rings is 1. The molecule has 1 aromatic rings. The van der Waals surface area contributed by atoms with E-state index in [4.69, 9.17) is 0 Å². The third-order valence-corrected chi connectivity index (χ3v) is 5.03. The molecule has 1 aliphatic heterocycles. The highest BCUT2D eigenvalue weighted by Gasteiger charge is 2.29. The van der Waals surface area contributed by atoms with Gasteiger partial charge in [-0.25, -0.2) is 4.79 Å². The lowest BCUT2D eigenvalue weighted by Gasteiger charge is -2.33. The first-order valence-electron chi connectivity index (χ1n) is 8.60. The Morgan fingerprint density at radius 3 is 2.83 bits per heavy atom. The Hall–Kier alpha value is -1.70. The van der Waals surface area contributed by atoms with Gasteiger partial charge in [-0.2, -0.15) is 0 Å². The smallest absolute Gasteiger partial charge is 0.319 e. The average molecular weight is 353 g/mol. The van der Waals surface area contributed by atoms with E-state index in [2.05, 4.69) is 22.4 Å². The van der Waals surface area contributed by atoms with Gasteiger partial charge in [0.05, 0.1) is 5.92 Å². The quantitative estimate of drug-likeness (QED) is 0.797. The predicted octanol–water partition coefficient (Wildman–Crippen LogP) is 2.60. The monoisotopic (exact) mass is 353 g/mol. The summed E-state index contributed by atoms with van der Waals surface area (Å²) < 4.78 is 0.